The van der Waals surface area contributed by atoms with Crippen LogP contribution in [0.4, 0.5) is 0 Å². The molecule has 5 rings (SSSR count). The van der Waals surface area contributed by atoms with Crippen molar-refractivity contribution in [3.8, 4) is 0 Å². The lowest BCUT2D eigenvalue weighted by Crippen LogP contribution is -2.15. The Morgan fingerprint density at radius 2 is 1.75 bits per heavy atom. The summed E-state index contributed by atoms with van der Waals surface area (Å²) in [4.78, 5) is 15.2. The van der Waals surface area contributed by atoms with Gasteiger partial charge in [-0.05, 0) is 66.0 Å². The molecule has 1 fully saturated rings. The lowest BCUT2D eigenvalue weighted by molar-refractivity contribution is 0.286. The standard InChI is InChI=1S/C26H27ClN4S/c1-18-7-9-19(10-8-18)12-25-28-14-20(15-29-25)11-21-17-31(32-23-5-3-2-4-6-23)26-24(21)13-22(27)16-30-26/h2-6,13-19H,7-12H2,1H3. The Kier molecular flexibility index (Phi) is 6.47. The second kappa shape index (κ2) is 9.63. The molecular weight excluding hydrogens is 436 g/mol. The topological polar surface area (TPSA) is 43.6 Å². The van der Waals surface area contributed by atoms with Crippen molar-refractivity contribution in [1.82, 2.24) is 18.9 Å². The minimum atomic E-state index is 0.648. The van der Waals surface area contributed by atoms with Crippen LogP contribution in [-0.4, -0.2) is 18.9 Å². The average molecular weight is 463 g/mol. The highest BCUT2D eigenvalue weighted by Crippen LogP contribution is 2.32. The van der Waals surface area contributed by atoms with Crippen LogP contribution in [0.5, 0.6) is 0 Å². The van der Waals surface area contributed by atoms with Gasteiger partial charge in [-0.3, -0.25) is 3.97 Å². The Hall–Kier alpha value is -2.37. The summed E-state index contributed by atoms with van der Waals surface area (Å²) in [5, 5.41) is 1.72. The lowest BCUT2D eigenvalue weighted by atomic mass is 9.81. The molecule has 0 radical (unpaired) electrons. The highest BCUT2D eigenvalue weighted by Gasteiger charge is 2.19. The number of aromatic nitrogens is 4. The van der Waals surface area contributed by atoms with Crippen molar-refractivity contribution < 1.29 is 0 Å². The molecule has 4 aromatic rings. The number of fused-ring (bicyclic) bond motifs is 1. The largest absolute Gasteiger partial charge is 0.270 e. The van der Waals surface area contributed by atoms with Crippen molar-refractivity contribution in [2.45, 2.75) is 50.3 Å². The van der Waals surface area contributed by atoms with Crippen LogP contribution in [-0.2, 0) is 12.8 Å². The molecule has 0 saturated heterocycles. The highest BCUT2D eigenvalue weighted by atomic mass is 35.5. The maximum Gasteiger partial charge on any atom is 0.150 e. The zero-order valence-corrected chi connectivity index (χ0v) is 19.8. The highest BCUT2D eigenvalue weighted by molar-refractivity contribution is 7.98. The molecule has 164 valence electrons. The fourth-order valence-corrected chi connectivity index (χ4v) is 5.59. The molecule has 3 aromatic heterocycles. The zero-order valence-electron chi connectivity index (χ0n) is 18.2. The summed E-state index contributed by atoms with van der Waals surface area (Å²) in [6.07, 6.45) is 14.9. The quantitative estimate of drug-likeness (QED) is 0.309. The summed E-state index contributed by atoms with van der Waals surface area (Å²) < 4.78 is 2.12. The van der Waals surface area contributed by atoms with E-state index in [9.17, 15) is 0 Å². The van der Waals surface area contributed by atoms with Crippen LogP contribution in [0, 0.1) is 11.8 Å². The van der Waals surface area contributed by atoms with E-state index in [0.717, 1.165) is 52.0 Å². The summed E-state index contributed by atoms with van der Waals surface area (Å²) in [5.41, 5.74) is 3.20. The van der Waals surface area contributed by atoms with E-state index in [1.807, 2.05) is 36.7 Å². The summed E-state index contributed by atoms with van der Waals surface area (Å²) in [7, 11) is 0. The van der Waals surface area contributed by atoms with Gasteiger partial charge in [0, 0.05) is 47.9 Å². The van der Waals surface area contributed by atoms with Crippen molar-refractivity contribution in [3.63, 3.8) is 0 Å². The molecule has 1 aliphatic carbocycles. The summed E-state index contributed by atoms with van der Waals surface area (Å²) in [5.74, 6) is 2.58. The van der Waals surface area contributed by atoms with Gasteiger partial charge < -0.3 is 0 Å². The van der Waals surface area contributed by atoms with Crippen molar-refractivity contribution >= 4 is 34.6 Å². The molecule has 1 aliphatic rings. The van der Waals surface area contributed by atoms with Gasteiger partial charge in [-0.2, -0.15) is 0 Å². The molecule has 1 aromatic carbocycles. The van der Waals surface area contributed by atoms with Crippen molar-refractivity contribution in [2.75, 3.05) is 0 Å². The maximum absolute atomic E-state index is 6.28. The number of pyridine rings is 1. The van der Waals surface area contributed by atoms with Crippen molar-refractivity contribution in [1.29, 1.82) is 0 Å². The normalized spacial score (nSPS) is 18.8. The molecule has 3 heterocycles. The molecule has 0 aliphatic heterocycles. The number of hydrogen-bond donors (Lipinski definition) is 0. The Morgan fingerprint density at radius 3 is 2.50 bits per heavy atom. The van der Waals surface area contributed by atoms with E-state index in [1.54, 1.807) is 18.1 Å². The van der Waals surface area contributed by atoms with Gasteiger partial charge in [-0.1, -0.05) is 49.6 Å². The number of hydrogen-bond acceptors (Lipinski definition) is 4. The number of benzene rings is 1. The van der Waals surface area contributed by atoms with Gasteiger partial charge in [0.25, 0.3) is 0 Å². The Balaban J connectivity index is 1.35. The van der Waals surface area contributed by atoms with Gasteiger partial charge in [0.15, 0.2) is 5.65 Å². The Morgan fingerprint density at radius 1 is 1.00 bits per heavy atom. The van der Waals surface area contributed by atoms with E-state index in [4.69, 9.17) is 21.6 Å². The fraction of sp³-hybridized carbons (Fsp3) is 0.346. The van der Waals surface area contributed by atoms with Gasteiger partial charge in [-0.15, -0.1) is 0 Å². The molecule has 4 nitrogen and oxygen atoms in total. The van der Waals surface area contributed by atoms with Gasteiger partial charge in [0.2, 0.25) is 0 Å². The molecule has 32 heavy (non-hydrogen) atoms. The summed E-state index contributed by atoms with van der Waals surface area (Å²) >= 11 is 7.94. The van der Waals surface area contributed by atoms with Gasteiger partial charge >= 0.3 is 0 Å². The number of halogens is 1. The SMILES string of the molecule is CC1CCC(Cc2ncc(Cc3cn(Sc4ccccc4)c4ncc(Cl)cc34)cn2)CC1. The van der Waals surface area contributed by atoms with Gasteiger partial charge in [-0.25, -0.2) is 15.0 Å². The molecule has 0 bridgehead atoms. The third-order valence-corrected chi connectivity index (χ3v) is 7.53. The zero-order chi connectivity index (χ0) is 21.9. The second-order valence-electron chi connectivity index (χ2n) is 8.92. The first-order valence-corrected chi connectivity index (χ1v) is 12.5. The maximum atomic E-state index is 6.28. The second-order valence-corrected chi connectivity index (χ2v) is 10.4. The number of rotatable bonds is 6. The van der Waals surface area contributed by atoms with E-state index in [0.29, 0.717) is 5.02 Å². The van der Waals surface area contributed by atoms with E-state index < -0.39 is 0 Å². The van der Waals surface area contributed by atoms with Crippen LogP contribution in [0.1, 0.15) is 49.6 Å². The van der Waals surface area contributed by atoms with E-state index in [2.05, 4.69) is 34.2 Å². The van der Waals surface area contributed by atoms with Crippen molar-refractivity contribution in [3.05, 3.63) is 83.2 Å². The predicted octanol–water partition coefficient (Wildman–Crippen LogP) is 6.99. The predicted molar refractivity (Wildman–Crippen MR) is 132 cm³/mol. The average Bonchev–Trinajstić information content (AvgIpc) is 3.13. The minimum Gasteiger partial charge on any atom is -0.270 e. The molecular formula is C26H27ClN4S. The van der Waals surface area contributed by atoms with Crippen LogP contribution >= 0.6 is 23.5 Å². The molecule has 6 heteroatoms. The molecule has 0 N–H and O–H groups in total. The fourth-order valence-electron chi connectivity index (χ4n) is 4.51. The van der Waals surface area contributed by atoms with Crippen LogP contribution in [0.15, 0.2) is 66.1 Å². The summed E-state index contributed by atoms with van der Waals surface area (Å²) in [6.45, 7) is 2.36. The lowest BCUT2D eigenvalue weighted by Gasteiger charge is -2.25. The third-order valence-electron chi connectivity index (χ3n) is 6.37. The first kappa shape index (κ1) is 21.5. The minimum absolute atomic E-state index is 0.648. The Labute approximate surface area is 198 Å². The molecule has 1 saturated carbocycles. The molecule has 0 spiro atoms. The van der Waals surface area contributed by atoms with Crippen LogP contribution in [0.25, 0.3) is 11.0 Å². The third kappa shape index (κ3) is 5.00. The molecule has 0 unspecified atom stereocenters. The van der Waals surface area contributed by atoms with Crippen molar-refractivity contribution in [2.24, 2.45) is 11.8 Å². The van der Waals surface area contributed by atoms with Crippen LogP contribution in [0.3, 0.4) is 0 Å². The first-order chi connectivity index (χ1) is 15.6. The molecule has 0 atom stereocenters. The van der Waals surface area contributed by atoms with E-state index in [-0.39, 0.29) is 0 Å². The smallest absolute Gasteiger partial charge is 0.150 e. The number of nitrogens with zero attached hydrogens (tertiary/aromatic N) is 4. The van der Waals surface area contributed by atoms with Crippen LogP contribution < -0.4 is 0 Å². The first-order valence-electron chi connectivity index (χ1n) is 11.3. The Bertz CT molecular complexity index is 1180. The summed E-state index contributed by atoms with van der Waals surface area (Å²) in [6, 6.07) is 12.3. The van der Waals surface area contributed by atoms with Crippen LogP contribution in [0.2, 0.25) is 5.02 Å². The van der Waals surface area contributed by atoms with E-state index in [1.165, 1.54) is 31.2 Å². The van der Waals surface area contributed by atoms with E-state index >= 15 is 0 Å². The van der Waals surface area contributed by atoms with Gasteiger partial charge in [0.05, 0.1) is 5.02 Å². The monoisotopic (exact) mass is 462 g/mol. The molecule has 0 amide bonds. The van der Waals surface area contributed by atoms with Gasteiger partial charge in [0.1, 0.15) is 5.82 Å².